The van der Waals surface area contributed by atoms with Crippen LogP contribution in [0.1, 0.15) is 30.0 Å². The summed E-state index contributed by atoms with van der Waals surface area (Å²) in [5.41, 5.74) is -0.973. The van der Waals surface area contributed by atoms with E-state index in [1.54, 1.807) is 0 Å². The number of benzene rings is 1. The molecule has 1 aromatic rings. The fourth-order valence-corrected chi connectivity index (χ4v) is 3.63. The first-order valence-corrected chi connectivity index (χ1v) is 8.33. The maximum atomic E-state index is 14.3. The van der Waals surface area contributed by atoms with E-state index >= 15 is 0 Å². The van der Waals surface area contributed by atoms with Crippen LogP contribution in [0.4, 0.5) is 17.6 Å². The Bertz CT molecular complexity index is 680. The molecule has 2 saturated heterocycles. The predicted octanol–water partition coefficient (Wildman–Crippen LogP) is 2.40. The highest BCUT2D eigenvalue weighted by Gasteiger charge is 2.48. The van der Waals surface area contributed by atoms with Crippen LogP contribution in [0.15, 0.2) is 18.2 Å². The number of amides is 1. The molecule has 2 aliphatic heterocycles. The number of alkyl halides is 3. The summed E-state index contributed by atoms with van der Waals surface area (Å²) >= 11 is 0. The zero-order valence-electron chi connectivity index (χ0n) is 13.3. The van der Waals surface area contributed by atoms with Gasteiger partial charge in [0.25, 0.3) is 0 Å². The van der Waals surface area contributed by atoms with E-state index in [1.165, 1.54) is 0 Å². The van der Waals surface area contributed by atoms with Crippen LogP contribution >= 0.6 is 0 Å². The van der Waals surface area contributed by atoms with Crippen molar-refractivity contribution in [3.8, 4) is 0 Å². The van der Waals surface area contributed by atoms with Crippen molar-refractivity contribution in [2.45, 2.75) is 37.1 Å². The first-order chi connectivity index (χ1) is 11.8. The molecule has 0 aromatic heterocycles. The summed E-state index contributed by atoms with van der Waals surface area (Å²) in [7, 11) is 0. The van der Waals surface area contributed by atoms with Crippen LogP contribution in [0.3, 0.4) is 0 Å². The van der Waals surface area contributed by atoms with Gasteiger partial charge in [0.2, 0.25) is 5.91 Å². The lowest BCUT2D eigenvalue weighted by atomic mass is 9.90. The summed E-state index contributed by atoms with van der Waals surface area (Å²) in [6, 6.07) is 1.83. The largest absolute Gasteiger partial charge is 0.416 e. The summed E-state index contributed by atoms with van der Waals surface area (Å²) in [6.45, 7) is 0.684. The number of rotatable bonds is 4. The molecule has 4 nitrogen and oxygen atoms in total. The van der Waals surface area contributed by atoms with Crippen LogP contribution in [0, 0.1) is 17.7 Å². The molecule has 0 bridgehead atoms. The molecule has 0 spiro atoms. The Morgan fingerprint density at radius 2 is 2.04 bits per heavy atom. The number of carbonyl (C=O) groups excluding carboxylic acids is 1. The molecule has 4 rings (SSSR count). The first-order valence-electron chi connectivity index (χ1n) is 8.33. The number of halogens is 4. The van der Waals surface area contributed by atoms with Gasteiger partial charge in [0.1, 0.15) is 5.82 Å². The van der Waals surface area contributed by atoms with E-state index in [0.717, 1.165) is 25.0 Å². The lowest BCUT2D eigenvalue weighted by Crippen LogP contribution is -2.48. The fraction of sp³-hybridized carbons (Fsp3) is 0.588. The topological polar surface area (TPSA) is 50.4 Å². The Morgan fingerprint density at radius 1 is 1.28 bits per heavy atom. The third kappa shape index (κ3) is 3.25. The van der Waals surface area contributed by atoms with Gasteiger partial charge in [0.05, 0.1) is 30.9 Å². The number of ether oxygens (including phenoxy) is 1. The van der Waals surface area contributed by atoms with Crippen LogP contribution < -0.4 is 10.6 Å². The van der Waals surface area contributed by atoms with E-state index in [1.807, 2.05) is 0 Å². The van der Waals surface area contributed by atoms with Gasteiger partial charge in [-0.15, -0.1) is 0 Å². The van der Waals surface area contributed by atoms with Crippen molar-refractivity contribution in [1.82, 2.24) is 10.6 Å². The molecule has 1 saturated carbocycles. The minimum Gasteiger partial charge on any atom is -0.381 e. The highest BCUT2D eigenvalue weighted by molar-refractivity contribution is 5.83. The second-order valence-electron chi connectivity index (χ2n) is 7.08. The lowest BCUT2D eigenvalue weighted by Gasteiger charge is -2.35. The molecule has 136 valence electrons. The van der Waals surface area contributed by atoms with Gasteiger partial charge in [-0.1, -0.05) is 6.07 Å². The summed E-state index contributed by atoms with van der Waals surface area (Å²) < 4.78 is 57.6. The normalized spacial score (nSPS) is 29.7. The van der Waals surface area contributed by atoms with Crippen LogP contribution in [-0.4, -0.2) is 31.2 Å². The van der Waals surface area contributed by atoms with Crippen LogP contribution in [0.2, 0.25) is 0 Å². The van der Waals surface area contributed by atoms with Crippen LogP contribution in [-0.2, 0) is 15.7 Å². The number of hydrogen-bond acceptors (Lipinski definition) is 3. The first kappa shape index (κ1) is 16.8. The van der Waals surface area contributed by atoms with Crippen molar-refractivity contribution in [1.29, 1.82) is 0 Å². The fourth-order valence-electron chi connectivity index (χ4n) is 3.63. The zero-order valence-corrected chi connectivity index (χ0v) is 13.3. The second-order valence-corrected chi connectivity index (χ2v) is 7.08. The maximum absolute atomic E-state index is 14.3. The Hall–Kier alpha value is -1.67. The summed E-state index contributed by atoms with van der Waals surface area (Å²) in [4.78, 5) is 12.5. The van der Waals surface area contributed by atoms with Crippen LogP contribution in [0.25, 0.3) is 0 Å². The molecule has 25 heavy (non-hydrogen) atoms. The molecule has 3 aliphatic rings. The van der Waals surface area contributed by atoms with E-state index in [0.29, 0.717) is 31.2 Å². The molecule has 8 heteroatoms. The zero-order chi connectivity index (χ0) is 17.8. The molecule has 4 atom stereocenters. The third-order valence-corrected chi connectivity index (χ3v) is 5.29. The summed E-state index contributed by atoms with van der Waals surface area (Å²) in [6.07, 6.45) is -2.77. The van der Waals surface area contributed by atoms with Gasteiger partial charge in [-0.2, -0.15) is 13.2 Å². The Labute approximate surface area is 141 Å². The smallest absolute Gasteiger partial charge is 0.381 e. The molecule has 1 aromatic carbocycles. The van der Waals surface area contributed by atoms with Crippen molar-refractivity contribution >= 4 is 5.91 Å². The van der Waals surface area contributed by atoms with Crippen molar-refractivity contribution in [2.75, 3.05) is 13.2 Å². The van der Waals surface area contributed by atoms with Gasteiger partial charge in [-0.05, 0) is 30.9 Å². The van der Waals surface area contributed by atoms with Gasteiger partial charge in [0, 0.05) is 17.5 Å². The average Bonchev–Trinajstić information content (AvgIpc) is 3.09. The lowest BCUT2D eigenvalue weighted by molar-refractivity contribution is -0.138. The van der Waals surface area contributed by atoms with E-state index in [-0.39, 0.29) is 23.4 Å². The van der Waals surface area contributed by atoms with E-state index < -0.39 is 23.6 Å². The minimum absolute atomic E-state index is 0.0674. The van der Waals surface area contributed by atoms with Gasteiger partial charge < -0.3 is 15.4 Å². The van der Waals surface area contributed by atoms with Crippen molar-refractivity contribution in [3.63, 3.8) is 0 Å². The second kappa shape index (κ2) is 5.95. The van der Waals surface area contributed by atoms with Gasteiger partial charge in [-0.3, -0.25) is 4.79 Å². The van der Waals surface area contributed by atoms with Crippen molar-refractivity contribution < 1.29 is 27.1 Å². The molecule has 1 unspecified atom stereocenters. The van der Waals surface area contributed by atoms with Crippen molar-refractivity contribution in [3.05, 3.63) is 35.1 Å². The molecule has 2 heterocycles. The Balaban J connectivity index is 1.53. The summed E-state index contributed by atoms with van der Waals surface area (Å²) in [5.74, 6) is -0.812. The average molecular weight is 358 g/mol. The number of piperidine rings is 1. The summed E-state index contributed by atoms with van der Waals surface area (Å²) in [5, 5.41) is 6.03. The highest BCUT2D eigenvalue weighted by atomic mass is 19.4. The predicted molar refractivity (Wildman–Crippen MR) is 80.0 cm³/mol. The standard InChI is InChI=1S/C17H18F4N2O2/c18-12-5-10(17(19,20)21)1-2-11(12)15(9-6-25-7-9)23-16(24)14-4-8-3-13(8)22-14/h1-2,5,8-9,13-15,22H,3-4,6-7H2,(H,23,24)/t8-,13-,14-,15?/m1/s1. The monoisotopic (exact) mass is 358 g/mol. The van der Waals surface area contributed by atoms with E-state index in [9.17, 15) is 22.4 Å². The van der Waals surface area contributed by atoms with Crippen molar-refractivity contribution in [2.24, 2.45) is 11.8 Å². The number of fused-ring (bicyclic) bond motifs is 1. The van der Waals surface area contributed by atoms with E-state index in [4.69, 9.17) is 4.74 Å². The Morgan fingerprint density at radius 3 is 2.56 bits per heavy atom. The highest BCUT2D eigenvalue weighted by Crippen LogP contribution is 2.41. The molecule has 2 N–H and O–H groups in total. The number of nitrogens with one attached hydrogen (secondary N) is 2. The number of carbonyl (C=O) groups is 1. The number of hydrogen-bond donors (Lipinski definition) is 2. The molecular weight excluding hydrogens is 340 g/mol. The molecule has 0 radical (unpaired) electrons. The van der Waals surface area contributed by atoms with E-state index in [2.05, 4.69) is 10.6 Å². The Kier molecular flexibility index (Phi) is 3.99. The van der Waals surface area contributed by atoms with Gasteiger partial charge >= 0.3 is 6.18 Å². The maximum Gasteiger partial charge on any atom is 0.416 e. The minimum atomic E-state index is -4.60. The third-order valence-electron chi connectivity index (χ3n) is 5.29. The molecular formula is C17H18F4N2O2. The van der Waals surface area contributed by atoms with Gasteiger partial charge in [-0.25, -0.2) is 4.39 Å². The van der Waals surface area contributed by atoms with Crippen LogP contribution in [0.5, 0.6) is 0 Å². The quantitative estimate of drug-likeness (QED) is 0.813. The molecule has 1 amide bonds. The SMILES string of the molecule is O=C(NC(c1ccc(C(F)(F)F)cc1F)C1COC1)[C@H]1C[C@H]2C[C@H]2N1. The molecule has 1 aliphatic carbocycles. The molecule has 3 fully saturated rings. The van der Waals surface area contributed by atoms with Gasteiger partial charge in [0.15, 0.2) is 0 Å².